The lowest BCUT2D eigenvalue weighted by Crippen LogP contribution is -2.51. The minimum absolute atomic E-state index is 0.285. The highest BCUT2D eigenvalue weighted by atomic mass is 19.1. The number of rotatable bonds is 8. The zero-order valence-corrected chi connectivity index (χ0v) is 16.3. The topological polar surface area (TPSA) is 84.9 Å². The van der Waals surface area contributed by atoms with Crippen molar-refractivity contribution in [3.05, 3.63) is 59.4 Å². The molecule has 2 aromatic rings. The first-order chi connectivity index (χ1) is 13.2. The summed E-state index contributed by atoms with van der Waals surface area (Å²) in [5.41, 5.74) is -0.538. The summed E-state index contributed by atoms with van der Waals surface area (Å²) in [5, 5.41) is 12.2. The number of aliphatic carboxylic acids is 1. The molecule has 7 heteroatoms. The number of carbonyl (C=O) groups is 2. The minimum atomic E-state index is -1.67. The quantitative estimate of drug-likeness (QED) is 0.725. The molecule has 0 fully saturated rings. The molecule has 1 amide bonds. The van der Waals surface area contributed by atoms with E-state index in [1.54, 1.807) is 19.1 Å². The predicted octanol–water partition coefficient (Wildman–Crippen LogP) is 3.14. The summed E-state index contributed by atoms with van der Waals surface area (Å²) in [6, 6.07) is 10.4. The van der Waals surface area contributed by atoms with E-state index in [1.807, 2.05) is 6.07 Å². The third-order valence-corrected chi connectivity index (χ3v) is 4.66. The SMILES string of the molecule is COc1ccc(CC(C)C(=O)NC(C)(C(=O)O)c2ccc(F)cc2)cc1OC. The Morgan fingerprint density at radius 2 is 1.71 bits per heavy atom. The van der Waals surface area contributed by atoms with E-state index in [2.05, 4.69) is 5.32 Å². The Kier molecular flexibility index (Phi) is 6.62. The average Bonchev–Trinajstić information content (AvgIpc) is 2.67. The van der Waals surface area contributed by atoms with Crippen molar-refractivity contribution in [2.24, 2.45) is 5.92 Å². The van der Waals surface area contributed by atoms with Gasteiger partial charge in [-0.05, 0) is 48.7 Å². The highest BCUT2D eigenvalue weighted by Crippen LogP contribution is 2.29. The molecule has 2 rings (SSSR count). The van der Waals surface area contributed by atoms with Gasteiger partial charge in [0.2, 0.25) is 5.91 Å². The van der Waals surface area contributed by atoms with Crippen molar-refractivity contribution in [1.82, 2.24) is 5.32 Å². The van der Waals surface area contributed by atoms with E-state index < -0.39 is 29.2 Å². The number of carbonyl (C=O) groups excluding carboxylic acids is 1. The number of carboxylic acid groups (broad SMARTS) is 1. The molecular formula is C21H24FNO5. The van der Waals surface area contributed by atoms with Crippen molar-refractivity contribution in [1.29, 1.82) is 0 Å². The van der Waals surface area contributed by atoms with Gasteiger partial charge in [0.05, 0.1) is 14.2 Å². The standard InChI is InChI=1S/C21H24FNO5/c1-13(11-14-5-10-17(27-3)18(12-14)28-4)19(24)23-21(2,20(25)26)15-6-8-16(22)9-7-15/h5-10,12-13H,11H2,1-4H3,(H,23,24)(H,25,26). The van der Waals surface area contributed by atoms with Gasteiger partial charge >= 0.3 is 5.97 Å². The Morgan fingerprint density at radius 3 is 2.25 bits per heavy atom. The van der Waals surface area contributed by atoms with Crippen LogP contribution in [0.4, 0.5) is 4.39 Å². The van der Waals surface area contributed by atoms with E-state index in [4.69, 9.17) is 9.47 Å². The van der Waals surface area contributed by atoms with Crippen LogP contribution in [0.3, 0.4) is 0 Å². The highest BCUT2D eigenvalue weighted by molar-refractivity contribution is 5.88. The summed E-state index contributed by atoms with van der Waals surface area (Å²) in [6.07, 6.45) is 0.380. The molecular weight excluding hydrogens is 365 g/mol. The number of halogens is 1. The third kappa shape index (κ3) is 4.60. The molecule has 0 aliphatic carbocycles. The van der Waals surface area contributed by atoms with Crippen LogP contribution >= 0.6 is 0 Å². The van der Waals surface area contributed by atoms with Gasteiger partial charge in [0.25, 0.3) is 0 Å². The maximum atomic E-state index is 13.2. The summed E-state index contributed by atoms with van der Waals surface area (Å²) in [4.78, 5) is 24.5. The monoisotopic (exact) mass is 389 g/mol. The maximum absolute atomic E-state index is 13.2. The first-order valence-electron chi connectivity index (χ1n) is 8.73. The van der Waals surface area contributed by atoms with E-state index in [0.29, 0.717) is 17.9 Å². The van der Waals surface area contributed by atoms with Crippen molar-refractivity contribution in [2.75, 3.05) is 14.2 Å². The molecule has 150 valence electrons. The zero-order chi connectivity index (χ0) is 20.9. The summed E-state index contributed by atoms with van der Waals surface area (Å²) >= 11 is 0. The van der Waals surface area contributed by atoms with Gasteiger partial charge < -0.3 is 19.9 Å². The average molecular weight is 389 g/mol. The number of ether oxygens (including phenoxy) is 2. The van der Waals surface area contributed by atoms with Crippen molar-refractivity contribution in [2.45, 2.75) is 25.8 Å². The number of carboxylic acids is 1. The summed E-state index contributed by atoms with van der Waals surface area (Å²) in [6.45, 7) is 3.09. The lowest BCUT2D eigenvalue weighted by molar-refractivity contribution is -0.148. The molecule has 2 N–H and O–H groups in total. The number of hydrogen-bond donors (Lipinski definition) is 2. The molecule has 0 aliphatic rings. The molecule has 2 unspecified atom stereocenters. The number of methoxy groups -OCH3 is 2. The summed E-state index contributed by atoms with van der Waals surface area (Å²) < 4.78 is 23.6. The van der Waals surface area contributed by atoms with Gasteiger partial charge in [-0.3, -0.25) is 4.79 Å². The van der Waals surface area contributed by atoms with Gasteiger partial charge in [-0.25, -0.2) is 9.18 Å². The van der Waals surface area contributed by atoms with Crippen LogP contribution in [0.2, 0.25) is 0 Å². The molecule has 6 nitrogen and oxygen atoms in total. The minimum Gasteiger partial charge on any atom is -0.493 e. The normalized spacial score (nSPS) is 13.9. The van der Waals surface area contributed by atoms with Crippen LogP contribution in [0.15, 0.2) is 42.5 Å². The molecule has 28 heavy (non-hydrogen) atoms. The van der Waals surface area contributed by atoms with E-state index in [9.17, 15) is 19.1 Å². The molecule has 2 atom stereocenters. The van der Waals surface area contributed by atoms with Gasteiger partial charge in [-0.2, -0.15) is 0 Å². The molecule has 0 radical (unpaired) electrons. The molecule has 0 heterocycles. The van der Waals surface area contributed by atoms with Crippen LogP contribution in [-0.2, 0) is 21.5 Å². The third-order valence-electron chi connectivity index (χ3n) is 4.66. The number of hydrogen-bond acceptors (Lipinski definition) is 4. The van der Waals surface area contributed by atoms with E-state index in [1.165, 1.54) is 33.3 Å². The largest absolute Gasteiger partial charge is 0.493 e. The second-order valence-corrected chi connectivity index (χ2v) is 6.72. The van der Waals surface area contributed by atoms with Crippen molar-refractivity contribution in [3.8, 4) is 11.5 Å². The molecule has 0 aromatic heterocycles. The van der Waals surface area contributed by atoms with E-state index in [-0.39, 0.29) is 5.56 Å². The fraction of sp³-hybridized carbons (Fsp3) is 0.333. The maximum Gasteiger partial charge on any atom is 0.333 e. The van der Waals surface area contributed by atoms with Gasteiger partial charge in [0.1, 0.15) is 5.82 Å². The lowest BCUT2D eigenvalue weighted by Gasteiger charge is -2.28. The van der Waals surface area contributed by atoms with Crippen molar-refractivity contribution in [3.63, 3.8) is 0 Å². The first-order valence-corrected chi connectivity index (χ1v) is 8.73. The zero-order valence-electron chi connectivity index (χ0n) is 16.3. The molecule has 2 aromatic carbocycles. The molecule has 0 aliphatic heterocycles. The lowest BCUT2D eigenvalue weighted by atomic mass is 9.90. The van der Waals surface area contributed by atoms with Crippen LogP contribution < -0.4 is 14.8 Å². The summed E-state index contributed by atoms with van der Waals surface area (Å²) in [5.74, 6) is -1.51. The van der Waals surface area contributed by atoms with Gasteiger partial charge in [-0.15, -0.1) is 0 Å². The second-order valence-electron chi connectivity index (χ2n) is 6.72. The fourth-order valence-corrected chi connectivity index (χ4v) is 2.86. The van der Waals surface area contributed by atoms with E-state index >= 15 is 0 Å². The number of nitrogens with one attached hydrogen (secondary N) is 1. The van der Waals surface area contributed by atoms with Gasteiger partial charge in [-0.1, -0.05) is 25.1 Å². The second kappa shape index (κ2) is 8.73. The predicted molar refractivity (Wildman–Crippen MR) is 102 cm³/mol. The van der Waals surface area contributed by atoms with Crippen molar-refractivity contribution >= 4 is 11.9 Å². The first kappa shape index (κ1) is 21.2. The summed E-state index contributed by atoms with van der Waals surface area (Å²) in [7, 11) is 3.06. The van der Waals surface area contributed by atoms with E-state index in [0.717, 1.165) is 17.7 Å². The van der Waals surface area contributed by atoms with Gasteiger partial charge in [0, 0.05) is 5.92 Å². The fourth-order valence-electron chi connectivity index (χ4n) is 2.86. The van der Waals surface area contributed by atoms with Crippen LogP contribution in [-0.4, -0.2) is 31.2 Å². The number of benzene rings is 2. The molecule has 0 saturated carbocycles. The van der Waals surface area contributed by atoms with Crippen LogP contribution in [0.1, 0.15) is 25.0 Å². The smallest absolute Gasteiger partial charge is 0.333 e. The Morgan fingerprint density at radius 1 is 1.11 bits per heavy atom. The molecule has 0 bridgehead atoms. The van der Waals surface area contributed by atoms with Gasteiger partial charge in [0.15, 0.2) is 17.0 Å². The highest BCUT2D eigenvalue weighted by Gasteiger charge is 2.37. The number of amides is 1. The van der Waals surface area contributed by atoms with Crippen LogP contribution in [0.25, 0.3) is 0 Å². The Labute approximate surface area is 163 Å². The Bertz CT molecular complexity index is 852. The van der Waals surface area contributed by atoms with Crippen LogP contribution in [0.5, 0.6) is 11.5 Å². The van der Waals surface area contributed by atoms with Crippen molar-refractivity contribution < 1.29 is 28.6 Å². The Balaban J connectivity index is 2.17. The van der Waals surface area contributed by atoms with Crippen LogP contribution in [0, 0.1) is 11.7 Å². The Hall–Kier alpha value is -3.09. The molecule has 0 spiro atoms. The molecule has 0 saturated heterocycles.